The fourth-order valence-corrected chi connectivity index (χ4v) is 2.49. The zero-order valence-corrected chi connectivity index (χ0v) is 11.2. The first-order chi connectivity index (χ1) is 9.19. The summed E-state index contributed by atoms with van der Waals surface area (Å²) in [4.78, 5) is 11.4. The molecule has 0 fully saturated rings. The van der Waals surface area contributed by atoms with Crippen molar-refractivity contribution in [3.05, 3.63) is 64.9 Å². The number of pyridine rings is 1. The van der Waals surface area contributed by atoms with Gasteiger partial charge in [-0.15, -0.1) is 0 Å². The molecule has 0 radical (unpaired) electrons. The lowest BCUT2D eigenvalue weighted by Crippen LogP contribution is -1.93. The van der Waals surface area contributed by atoms with Crippen molar-refractivity contribution in [2.45, 2.75) is 6.92 Å². The molecular formula is C16H12ClNO. The summed E-state index contributed by atoms with van der Waals surface area (Å²) >= 11 is 6.02. The lowest BCUT2D eigenvalue weighted by molar-refractivity contribution is 0.111. The topological polar surface area (TPSA) is 21.5 Å². The highest BCUT2D eigenvalue weighted by atomic mass is 35.5. The molecule has 0 aliphatic heterocycles. The average molecular weight is 270 g/mol. The molecule has 2 heterocycles. The minimum absolute atomic E-state index is 0.654. The molecule has 3 rings (SSSR count). The normalized spacial score (nSPS) is 10.8. The second kappa shape index (κ2) is 4.56. The number of aldehydes is 1. The van der Waals surface area contributed by atoms with Gasteiger partial charge in [0.15, 0.2) is 6.29 Å². The minimum atomic E-state index is 0.654. The lowest BCUT2D eigenvalue weighted by Gasteiger charge is -2.02. The van der Waals surface area contributed by atoms with Crippen LogP contribution in [0.1, 0.15) is 16.1 Å². The van der Waals surface area contributed by atoms with Crippen LogP contribution in [0.2, 0.25) is 5.02 Å². The van der Waals surface area contributed by atoms with E-state index in [0.29, 0.717) is 10.7 Å². The minimum Gasteiger partial charge on any atom is -0.313 e. The molecule has 2 aromatic heterocycles. The van der Waals surface area contributed by atoms with E-state index in [-0.39, 0.29) is 0 Å². The van der Waals surface area contributed by atoms with Gasteiger partial charge in [-0.1, -0.05) is 29.8 Å². The van der Waals surface area contributed by atoms with Gasteiger partial charge in [0.05, 0.1) is 5.69 Å². The molecule has 0 unspecified atom stereocenters. The molecule has 3 aromatic rings. The average Bonchev–Trinajstić information content (AvgIpc) is 2.76. The van der Waals surface area contributed by atoms with E-state index < -0.39 is 0 Å². The van der Waals surface area contributed by atoms with Gasteiger partial charge in [-0.3, -0.25) is 4.79 Å². The van der Waals surface area contributed by atoms with Crippen LogP contribution in [0.3, 0.4) is 0 Å². The van der Waals surface area contributed by atoms with E-state index in [1.165, 1.54) is 0 Å². The largest absolute Gasteiger partial charge is 0.313 e. The Morgan fingerprint density at radius 3 is 2.74 bits per heavy atom. The fourth-order valence-electron chi connectivity index (χ4n) is 2.30. The molecule has 0 amide bonds. The van der Waals surface area contributed by atoms with Crippen molar-refractivity contribution in [2.75, 3.05) is 0 Å². The van der Waals surface area contributed by atoms with E-state index in [1.54, 1.807) is 0 Å². The Kier molecular flexibility index (Phi) is 2.88. The number of carbonyl (C=O) groups excluding carboxylic acids is 1. The molecule has 19 heavy (non-hydrogen) atoms. The molecule has 94 valence electrons. The number of fused-ring (bicyclic) bond motifs is 1. The van der Waals surface area contributed by atoms with Gasteiger partial charge < -0.3 is 4.40 Å². The summed E-state index contributed by atoms with van der Waals surface area (Å²) in [6.07, 6.45) is 2.86. The van der Waals surface area contributed by atoms with Crippen LogP contribution in [0, 0.1) is 6.92 Å². The highest BCUT2D eigenvalue weighted by molar-refractivity contribution is 6.30. The van der Waals surface area contributed by atoms with Crippen molar-refractivity contribution < 1.29 is 4.79 Å². The Morgan fingerprint density at radius 1 is 1.16 bits per heavy atom. The number of aromatic nitrogens is 1. The number of aryl methyl sites for hydroxylation is 1. The quantitative estimate of drug-likeness (QED) is 0.633. The summed E-state index contributed by atoms with van der Waals surface area (Å²) in [6.45, 7) is 2.01. The van der Waals surface area contributed by atoms with Crippen LogP contribution in [0.5, 0.6) is 0 Å². The zero-order valence-electron chi connectivity index (χ0n) is 10.4. The van der Waals surface area contributed by atoms with Crippen molar-refractivity contribution >= 4 is 23.4 Å². The van der Waals surface area contributed by atoms with Crippen molar-refractivity contribution in [3.8, 4) is 11.1 Å². The molecule has 0 atom stereocenters. The van der Waals surface area contributed by atoms with E-state index in [1.807, 2.05) is 60.0 Å². The Balaban J connectivity index is 2.32. The van der Waals surface area contributed by atoms with Crippen LogP contribution < -0.4 is 0 Å². The van der Waals surface area contributed by atoms with Gasteiger partial charge in [-0.05, 0) is 42.3 Å². The van der Waals surface area contributed by atoms with Crippen LogP contribution in [-0.2, 0) is 0 Å². The first-order valence-corrected chi connectivity index (χ1v) is 6.39. The summed E-state index contributed by atoms with van der Waals surface area (Å²) in [5.74, 6) is 0. The Labute approximate surface area is 116 Å². The van der Waals surface area contributed by atoms with E-state index in [4.69, 9.17) is 11.6 Å². The monoisotopic (exact) mass is 269 g/mol. The van der Waals surface area contributed by atoms with Crippen molar-refractivity contribution in [3.63, 3.8) is 0 Å². The molecule has 0 saturated carbocycles. The molecule has 0 aliphatic carbocycles. The van der Waals surface area contributed by atoms with Gasteiger partial charge in [0.1, 0.15) is 0 Å². The fraction of sp³-hybridized carbons (Fsp3) is 0.0625. The molecule has 1 aromatic carbocycles. The molecule has 2 nitrogen and oxygen atoms in total. The number of rotatable bonds is 2. The van der Waals surface area contributed by atoms with E-state index >= 15 is 0 Å². The highest BCUT2D eigenvalue weighted by Crippen LogP contribution is 2.28. The summed E-state index contributed by atoms with van der Waals surface area (Å²) in [7, 11) is 0. The van der Waals surface area contributed by atoms with Gasteiger partial charge in [-0.2, -0.15) is 0 Å². The Hall–Kier alpha value is -2.06. The van der Waals surface area contributed by atoms with Crippen LogP contribution >= 0.6 is 11.6 Å². The third kappa shape index (κ3) is 2.04. The van der Waals surface area contributed by atoms with Crippen molar-refractivity contribution in [1.82, 2.24) is 4.40 Å². The zero-order chi connectivity index (χ0) is 13.4. The second-order valence-corrected chi connectivity index (χ2v) is 5.01. The van der Waals surface area contributed by atoms with Crippen LogP contribution in [0.15, 0.2) is 48.7 Å². The number of benzene rings is 1. The van der Waals surface area contributed by atoms with E-state index in [2.05, 4.69) is 0 Å². The van der Waals surface area contributed by atoms with Gasteiger partial charge >= 0.3 is 0 Å². The van der Waals surface area contributed by atoms with Crippen LogP contribution in [0.4, 0.5) is 0 Å². The summed E-state index contributed by atoms with van der Waals surface area (Å²) < 4.78 is 1.92. The molecule has 0 spiro atoms. The van der Waals surface area contributed by atoms with Crippen molar-refractivity contribution in [1.29, 1.82) is 0 Å². The second-order valence-electron chi connectivity index (χ2n) is 4.57. The Bertz CT molecular complexity index is 774. The molecular weight excluding hydrogens is 258 g/mol. The number of hydrogen-bond donors (Lipinski definition) is 0. The summed E-state index contributed by atoms with van der Waals surface area (Å²) in [6, 6.07) is 13.6. The van der Waals surface area contributed by atoms with Gasteiger partial charge in [0.25, 0.3) is 0 Å². The standard InChI is InChI=1S/C16H12ClNO/c1-11-5-6-14-8-15(16(10-19)18(14)9-11)12-3-2-4-13(17)7-12/h2-10H,1H3. The molecule has 3 heteroatoms. The smallest absolute Gasteiger partial charge is 0.167 e. The van der Waals surface area contributed by atoms with Gasteiger partial charge in [0.2, 0.25) is 0 Å². The SMILES string of the molecule is Cc1ccc2cc(-c3cccc(Cl)c3)c(C=O)n2c1. The first kappa shape index (κ1) is 12.0. The maximum atomic E-state index is 11.4. The Morgan fingerprint density at radius 2 is 2.00 bits per heavy atom. The summed E-state index contributed by atoms with van der Waals surface area (Å²) in [5.41, 5.74) is 4.63. The van der Waals surface area contributed by atoms with E-state index in [0.717, 1.165) is 28.5 Å². The predicted molar refractivity (Wildman–Crippen MR) is 78.0 cm³/mol. The molecule has 0 aliphatic rings. The lowest BCUT2D eigenvalue weighted by atomic mass is 10.1. The maximum Gasteiger partial charge on any atom is 0.167 e. The molecule has 0 bridgehead atoms. The third-order valence-electron chi connectivity index (χ3n) is 3.20. The van der Waals surface area contributed by atoms with Crippen LogP contribution in [0.25, 0.3) is 16.6 Å². The number of carbonyl (C=O) groups is 1. The third-order valence-corrected chi connectivity index (χ3v) is 3.44. The van der Waals surface area contributed by atoms with Gasteiger partial charge in [0, 0.05) is 22.3 Å². The van der Waals surface area contributed by atoms with E-state index in [9.17, 15) is 4.79 Å². The van der Waals surface area contributed by atoms with Gasteiger partial charge in [-0.25, -0.2) is 0 Å². The predicted octanol–water partition coefficient (Wildman–Crippen LogP) is 4.38. The van der Waals surface area contributed by atoms with Crippen LogP contribution in [-0.4, -0.2) is 10.7 Å². The number of hydrogen-bond acceptors (Lipinski definition) is 1. The molecule has 0 saturated heterocycles. The van der Waals surface area contributed by atoms with Crippen molar-refractivity contribution in [2.24, 2.45) is 0 Å². The highest BCUT2D eigenvalue weighted by Gasteiger charge is 2.11. The maximum absolute atomic E-state index is 11.4. The number of halogens is 1. The number of nitrogens with zero attached hydrogens (tertiary/aromatic N) is 1. The first-order valence-electron chi connectivity index (χ1n) is 6.02. The molecule has 0 N–H and O–H groups in total. The summed E-state index contributed by atoms with van der Waals surface area (Å²) in [5, 5.41) is 0.667.